The molecule has 0 saturated carbocycles. The third kappa shape index (κ3) is 1.93. The summed E-state index contributed by atoms with van der Waals surface area (Å²) in [5, 5.41) is 20.0. The largest absolute Gasteiger partial charge is 0.504 e. The number of ether oxygens (including phenoxy) is 2. The van der Waals surface area contributed by atoms with Gasteiger partial charge in [0.15, 0.2) is 11.5 Å². The van der Waals surface area contributed by atoms with Crippen molar-refractivity contribution in [2.45, 2.75) is 13.0 Å². The molecule has 0 aliphatic heterocycles. The zero-order valence-corrected chi connectivity index (χ0v) is 12.7. The van der Waals surface area contributed by atoms with Crippen molar-refractivity contribution >= 4 is 11.6 Å². The van der Waals surface area contributed by atoms with Gasteiger partial charge in [-0.25, -0.2) is 0 Å². The number of ketones is 2. The molecule has 1 aliphatic carbocycles. The molecule has 1 aliphatic rings. The maximum atomic E-state index is 12.8. The predicted octanol–water partition coefficient (Wildman–Crippen LogP) is 1.83. The van der Waals surface area contributed by atoms with Crippen molar-refractivity contribution in [3.8, 4) is 17.2 Å². The van der Waals surface area contributed by atoms with Gasteiger partial charge in [-0.2, -0.15) is 0 Å². The summed E-state index contributed by atoms with van der Waals surface area (Å²) in [5.41, 5.74) is -0.299. The van der Waals surface area contributed by atoms with Gasteiger partial charge >= 0.3 is 0 Å². The topological polar surface area (TPSA) is 106 Å². The minimum Gasteiger partial charge on any atom is -0.504 e. The standard InChI is InChI=1S/C16H14O7/c1-6(17)16-10-7(5-23-16)13(18)11-8(21-2)4-9(22-3)14(19)12(11)15(10)20/h4-6,17,19H,1-3H3. The second-order valence-corrected chi connectivity index (χ2v) is 5.10. The molecule has 2 aromatic rings. The highest BCUT2D eigenvalue weighted by atomic mass is 16.5. The van der Waals surface area contributed by atoms with E-state index in [-0.39, 0.29) is 39.5 Å². The van der Waals surface area contributed by atoms with Gasteiger partial charge in [0.05, 0.1) is 36.5 Å². The molecule has 7 nitrogen and oxygen atoms in total. The second-order valence-electron chi connectivity index (χ2n) is 5.10. The lowest BCUT2D eigenvalue weighted by molar-refractivity contribution is 0.0969. The van der Waals surface area contributed by atoms with E-state index in [4.69, 9.17) is 13.9 Å². The normalized spacial score (nSPS) is 14.3. The fourth-order valence-corrected chi connectivity index (χ4v) is 2.73. The average Bonchev–Trinajstić information content (AvgIpc) is 2.98. The van der Waals surface area contributed by atoms with Gasteiger partial charge in [-0.15, -0.1) is 0 Å². The van der Waals surface area contributed by atoms with E-state index in [2.05, 4.69) is 0 Å². The molecule has 0 radical (unpaired) electrons. The van der Waals surface area contributed by atoms with Crippen molar-refractivity contribution in [1.82, 2.24) is 0 Å². The van der Waals surface area contributed by atoms with Crippen molar-refractivity contribution in [2.75, 3.05) is 14.2 Å². The van der Waals surface area contributed by atoms with Crippen LogP contribution in [0.5, 0.6) is 17.2 Å². The van der Waals surface area contributed by atoms with E-state index >= 15 is 0 Å². The smallest absolute Gasteiger partial charge is 0.202 e. The third-order valence-corrected chi connectivity index (χ3v) is 3.79. The van der Waals surface area contributed by atoms with E-state index in [0.29, 0.717) is 0 Å². The fourth-order valence-electron chi connectivity index (χ4n) is 2.73. The lowest BCUT2D eigenvalue weighted by Crippen LogP contribution is -2.22. The number of aromatic hydroxyl groups is 1. The first-order valence-corrected chi connectivity index (χ1v) is 6.79. The molecule has 0 spiro atoms. The van der Waals surface area contributed by atoms with Crippen molar-refractivity contribution in [3.63, 3.8) is 0 Å². The molecule has 3 rings (SSSR count). The van der Waals surface area contributed by atoms with E-state index in [0.717, 1.165) is 6.26 Å². The van der Waals surface area contributed by atoms with Gasteiger partial charge in [-0.1, -0.05) is 0 Å². The molecular formula is C16H14O7. The molecule has 1 aromatic carbocycles. The molecule has 0 fully saturated rings. The third-order valence-electron chi connectivity index (χ3n) is 3.79. The molecule has 0 amide bonds. The van der Waals surface area contributed by atoms with Crippen LogP contribution in [0.15, 0.2) is 16.7 Å². The number of phenolic OH excluding ortho intramolecular Hbond substituents is 1. The van der Waals surface area contributed by atoms with Crippen LogP contribution in [-0.4, -0.2) is 36.0 Å². The lowest BCUT2D eigenvalue weighted by atomic mass is 9.83. The lowest BCUT2D eigenvalue weighted by Gasteiger charge is -2.20. The van der Waals surface area contributed by atoms with Crippen LogP contribution in [-0.2, 0) is 0 Å². The van der Waals surface area contributed by atoms with Crippen LogP contribution < -0.4 is 9.47 Å². The second kappa shape index (κ2) is 5.13. The van der Waals surface area contributed by atoms with Gasteiger partial charge < -0.3 is 24.1 Å². The zero-order chi connectivity index (χ0) is 16.9. The Hall–Kier alpha value is -2.80. The van der Waals surface area contributed by atoms with Crippen molar-refractivity contribution < 1.29 is 33.7 Å². The number of carbonyl (C=O) groups is 2. The van der Waals surface area contributed by atoms with E-state index < -0.39 is 23.4 Å². The minimum atomic E-state index is -1.08. The quantitative estimate of drug-likeness (QED) is 0.758. The fraction of sp³-hybridized carbons (Fsp3) is 0.250. The number of methoxy groups -OCH3 is 2. The Labute approximate surface area is 131 Å². The summed E-state index contributed by atoms with van der Waals surface area (Å²) >= 11 is 0. The van der Waals surface area contributed by atoms with Crippen LogP contribution in [0.2, 0.25) is 0 Å². The van der Waals surface area contributed by atoms with E-state index in [9.17, 15) is 19.8 Å². The van der Waals surface area contributed by atoms with Crippen molar-refractivity contribution in [1.29, 1.82) is 0 Å². The van der Waals surface area contributed by atoms with Gasteiger partial charge in [0.2, 0.25) is 11.6 Å². The summed E-state index contributed by atoms with van der Waals surface area (Å²) < 4.78 is 15.3. The van der Waals surface area contributed by atoms with Gasteiger partial charge in [0.1, 0.15) is 23.9 Å². The summed E-state index contributed by atoms with van der Waals surface area (Å²) in [5.74, 6) is -1.52. The summed E-state index contributed by atoms with van der Waals surface area (Å²) in [6.45, 7) is 1.42. The molecule has 0 saturated heterocycles. The number of hydrogen-bond donors (Lipinski definition) is 2. The molecular weight excluding hydrogens is 304 g/mol. The Kier molecular flexibility index (Phi) is 3.37. The molecule has 7 heteroatoms. The van der Waals surface area contributed by atoms with Gasteiger partial charge in [-0.05, 0) is 6.92 Å². The Morgan fingerprint density at radius 2 is 1.70 bits per heavy atom. The summed E-state index contributed by atoms with van der Waals surface area (Å²) in [7, 11) is 2.66. The molecule has 1 heterocycles. The van der Waals surface area contributed by atoms with E-state index in [1.807, 2.05) is 0 Å². The van der Waals surface area contributed by atoms with Crippen LogP contribution >= 0.6 is 0 Å². The van der Waals surface area contributed by atoms with E-state index in [1.54, 1.807) is 0 Å². The molecule has 120 valence electrons. The van der Waals surface area contributed by atoms with Gasteiger partial charge in [0, 0.05) is 6.07 Å². The molecule has 1 unspecified atom stereocenters. The average molecular weight is 318 g/mol. The molecule has 2 N–H and O–H groups in total. The molecule has 1 atom stereocenters. The van der Waals surface area contributed by atoms with Crippen molar-refractivity contribution in [3.05, 3.63) is 40.3 Å². The first-order chi connectivity index (χ1) is 10.9. The number of furan rings is 1. The van der Waals surface area contributed by atoms with Crippen LogP contribution in [0.25, 0.3) is 0 Å². The molecule has 23 heavy (non-hydrogen) atoms. The number of phenols is 1. The number of hydrogen-bond acceptors (Lipinski definition) is 7. The first-order valence-electron chi connectivity index (χ1n) is 6.79. The van der Waals surface area contributed by atoms with E-state index in [1.165, 1.54) is 27.2 Å². The first kappa shape index (κ1) is 15.1. The minimum absolute atomic E-state index is 0.00675. The maximum absolute atomic E-state index is 12.8. The number of benzene rings is 1. The number of aliphatic hydroxyl groups is 1. The predicted molar refractivity (Wildman–Crippen MR) is 77.4 cm³/mol. The highest BCUT2D eigenvalue weighted by molar-refractivity contribution is 6.30. The maximum Gasteiger partial charge on any atom is 0.202 e. The Morgan fingerprint density at radius 1 is 1.04 bits per heavy atom. The Balaban J connectivity index is 2.36. The Bertz CT molecular complexity index is 829. The zero-order valence-electron chi connectivity index (χ0n) is 12.7. The Morgan fingerprint density at radius 3 is 2.26 bits per heavy atom. The van der Waals surface area contributed by atoms with Crippen LogP contribution in [0.1, 0.15) is 50.6 Å². The summed E-state index contributed by atoms with van der Waals surface area (Å²) in [6, 6.07) is 1.33. The molecule has 1 aromatic heterocycles. The highest BCUT2D eigenvalue weighted by Gasteiger charge is 2.40. The van der Waals surface area contributed by atoms with Crippen LogP contribution in [0.3, 0.4) is 0 Å². The summed E-state index contributed by atoms with van der Waals surface area (Å²) in [4.78, 5) is 25.5. The van der Waals surface area contributed by atoms with Gasteiger partial charge in [-0.3, -0.25) is 9.59 Å². The SMILES string of the molecule is COc1cc(OC)c2c(c1O)C(=O)c1c(coc1C(C)O)C2=O. The van der Waals surface area contributed by atoms with Crippen LogP contribution in [0, 0.1) is 0 Å². The van der Waals surface area contributed by atoms with Gasteiger partial charge in [0.25, 0.3) is 0 Å². The number of rotatable bonds is 3. The number of carbonyl (C=O) groups excluding carboxylic acids is 2. The van der Waals surface area contributed by atoms with Crippen LogP contribution in [0.4, 0.5) is 0 Å². The molecule has 0 bridgehead atoms. The number of aliphatic hydroxyl groups excluding tert-OH is 1. The highest BCUT2D eigenvalue weighted by Crippen LogP contribution is 2.45. The monoisotopic (exact) mass is 318 g/mol. The number of fused-ring (bicyclic) bond motifs is 2. The van der Waals surface area contributed by atoms with Crippen molar-refractivity contribution in [2.24, 2.45) is 0 Å². The summed E-state index contributed by atoms with van der Waals surface area (Å²) in [6.07, 6.45) is 0.0491.